The standard InChI is InChI=1S/C15H13NO2.CH4O4S/c17-13-6-5-11-9-10-3-1-7-16-8-2-4-12(14(10)16)15(11)18-13;1-5-6(2,3)4/h1-2,5-9,12,15H,3-4H2;1H3,(H,2,3,4). The number of rotatable bonds is 1. The highest BCUT2D eigenvalue weighted by Crippen LogP contribution is 2.43. The van der Waals surface area contributed by atoms with Gasteiger partial charge in [0.25, 0.3) is 0 Å². The van der Waals surface area contributed by atoms with Crippen molar-refractivity contribution in [2.75, 3.05) is 7.11 Å². The van der Waals surface area contributed by atoms with Crippen LogP contribution in [-0.4, -0.2) is 37.1 Å². The third-order valence-corrected chi connectivity index (χ3v) is 4.54. The number of carbonyl (C=O) groups is 1. The summed E-state index contributed by atoms with van der Waals surface area (Å²) >= 11 is 0. The summed E-state index contributed by atoms with van der Waals surface area (Å²) in [5, 5.41) is 0. The summed E-state index contributed by atoms with van der Waals surface area (Å²) in [7, 11) is -3.29. The van der Waals surface area contributed by atoms with E-state index in [1.165, 1.54) is 17.3 Å². The Kier molecular flexibility index (Phi) is 4.44. The van der Waals surface area contributed by atoms with Gasteiger partial charge in [0.15, 0.2) is 0 Å². The van der Waals surface area contributed by atoms with Crippen molar-refractivity contribution in [2.45, 2.75) is 18.9 Å². The van der Waals surface area contributed by atoms with Gasteiger partial charge in [0, 0.05) is 30.1 Å². The average molecular weight is 351 g/mol. The van der Waals surface area contributed by atoms with E-state index in [0.29, 0.717) is 0 Å². The number of carbonyl (C=O) groups excluding carboxylic acids is 1. The van der Waals surface area contributed by atoms with Crippen molar-refractivity contribution in [3.63, 3.8) is 0 Å². The second-order valence-electron chi connectivity index (χ2n) is 5.56. The molecule has 7 nitrogen and oxygen atoms in total. The molecule has 4 rings (SSSR count). The molecule has 0 bridgehead atoms. The maximum atomic E-state index is 11.4. The Labute approximate surface area is 140 Å². The molecule has 3 aliphatic heterocycles. The van der Waals surface area contributed by atoms with Gasteiger partial charge < -0.3 is 9.64 Å². The molecule has 2 atom stereocenters. The van der Waals surface area contributed by atoms with Gasteiger partial charge >= 0.3 is 16.4 Å². The minimum absolute atomic E-state index is 0.111. The molecule has 8 heteroatoms. The van der Waals surface area contributed by atoms with E-state index in [0.717, 1.165) is 25.5 Å². The van der Waals surface area contributed by atoms with E-state index >= 15 is 0 Å². The first-order valence-electron chi connectivity index (χ1n) is 7.37. The molecule has 0 spiro atoms. The van der Waals surface area contributed by atoms with Crippen molar-refractivity contribution in [3.8, 4) is 0 Å². The largest absolute Gasteiger partial charge is 0.454 e. The van der Waals surface area contributed by atoms with E-state index in [2.05, 4.69) is 39.7 Å². The molecule has 3 heterocycles. The summed E-state index contributed by atoms with van der Waals surface area (Å²) in [5.41, 5.74) is 3.78. The van der Waals surface area contributed by atoms with Gasteiger partial charge in [-0.25, -0.2) is 4.79 Å². The number of hydrogen-bond acceptors (Lipinski definition) is 6. The smallest absolute Gasteiger partial charge is 0.397 e. The van der Waals surface area contributed by atoms with E-state index in [4.69, 9.17) is 9.29 Å². The maximum Gasteiger partial charge on any atom is 0.397 e. The highest BCUT2D eigenvalue weighted by atomic mass is 32.3. The maximum absolute atomic E-state index is 11.4. The third kappa shape index (κ3) is 3.35. The van der Waals surface area contributed by atoms with Crippen molar-refractivity contribution < 1.29 is 26.7 Å². The quantitative estimate of drug-likeness (QED) is 0.569. The Bertz CT molecular complexity index is 802. The molecular weight excluding hydrogens is 334 g/mol. The summed E-state index contributed by atoms with van der Waals surface area (Å²) < 4.78 is 35.2. The van der Waals surface area contributed by atoms with E-state index < -0.39 is 10.4 Å². The van der Waals surface area contributed by atoms with Crippen molar-refractivity contribution in [3.05, 3.63) is 59.6 Å². The van der Waals surface area contributed by atoms with Crippen LogP contribution >= 0.6 is 0 Å². The second-order valence-corrected chi connectivity index (χ2v) is 6.75. The Morgan fingerprint density at radius 3 is 2.71 bits per heavy atom. The highest BCUT2D eigenvalue weighted by Gasteiger charge is 2.39. The summed E-state index contributed by atoms with van der Waals surface area (Å²) in [4.78, 5) is 13.6. The van der Waals surface area contributed by atoms with Gasteiger partial charge in [-0.3, -0.25) is 8.74 Å². The predicted molar refractivity (Wildman–Crippen MR) is 85.5 cm³/mol. The van der Waals surface area contributed by atoms with Gasteiger partial charge in [-0.15, -0.1) is 0 Å². The van der Waals surface area contributed by atoms with Crippen LogP contribution in [0.3, 0.4) is 0 Å². The Hall–Kier alpha value is -2.16. The zero-order valence-electron chi connectivity index (χ0n) is 13.0. The molecule has 0 aromatic rings. The second kappa shape index (κ2) is 6.39. The van der Waals surface area contributed by atoms with Crippen LogP contribution in [0.4, 0.5) is 0 Å². The summed E-state index contributed by atoms with van der Waals surface area (Å²) in [6, 6.07) is 0. The lowest BCUT2D eigenvalue weighted by atomic mass is 9.78. The van der Waals surface area contributed by atoms with E-state index in [9.17, 15) is 13.2 Å². The lowest BCUT2D eigenvalue weighted by Gasteiger charge is -2.42. The SMILES string of the molecule is COS(=O)(=O)O.O=C1C=CC2=CC3=C4C(CC=CN4C=CC3)C2O1. The van der Waals surface area contributed by atoms with Crippen LogP contribution in [0.1, 0.15) is 12.8 Å². The summed E-state index contributed by atoms with van der Waals surface area (Å²) in [5.74, 6) is 0.0394. The molecule has 128 valence electrons. The van der Waals surface area contributed by atoms with Crippen molar-refractivity contribution in [1.82, 2.24) is 4.90 Å². The number of hydrogen-bond donors (Lipinski definition) is 1. The lowest BCUT2D eigenvalue weighted by Crippen LogP contribution is -2.39. The molecule has 1 N–H and O–H groups in total. The van der Waals surface area contributed by atoms with Crippen LogP contribution in [0.25, 0.3) is 0 Å². The Balaban J connectivity index is 0.000000246. The van der Waals surface area contributed by atoms with Crippen LogP contribution in [0.2, 0.25) is 0 Å². The monoisotopic (exact) mass is 351 g/mol. The summed E-state index contributed by atoms with van der Waals surface area (Å²) in [6.45, 7) is 0. The van der Waals surface area contributed by atoms with E-state index in [1.807, 2.05) is 6.08 Å². The average Bonchev–Trinajstić information content (AvgIpc) is 2.56. The highest BCUT2D eigenvalue weighted by molar-refractivity contribution is 7.80. The van der Waals surface area contributed by atoms with Gasteiger partial charge in [-0.2, -0.15) is 8.42 Å². The van der Waals surface area contributed by atoms with Gasteiger partial charge in [0.2, 0.25) is 0 Å². The molecule has 0 radical (unpaired) electrons. The molecule has 2 unspecified atom stereocenters. The molecule has 0 aromatic heterocycles. The zero-order chi connectivity index (χ0) is 17.3. The molecule has 24 heavy (non-hydrogen) atoms. The molecule has 0 fully saturated rings. The molecule has 0 amide bonds. The minimum atomic E-state index is -4.16. The number of allylic oxidation sites excluding steroid dienone is 4. The first kappa shape index (κ1) is 16.7. The lowest BCUT2D eigenvalue weighted by molar-refractivity contribution is -0.144. The van der Waals surface area contributed by atoms with Crippen LogP contribution in [0.5, 0.6) is 0 Å². The van der Waals surface area contributed by atoms with Crippen molar-refractivity contribution in [1.29, 1.82) is 0 Å². The molecule has 0 saturated heterocycles. The van der Waals surface area contributed by atoms with Gasteiger partial charge in [0.05, 0.1) is 7.11 Å². The van der Waals surface area contributed by atoms with Crippen LogP contribution in [0, 0.1) is 5.92 Å². The third-order valence-electron chi connectivity index (χ3n) is 4.12. The fourth-order valence-corrected chi connectivity index (χ4v) is 3.17. The molecule has 0 aromatic carbocycles. The van der Waals surface area contributed by atoms with Gasteiger partial charge in [-0.1, -0.05) is 18.2 Å². The topological polar surface area (TPSA) is 93.1 Å². The summed E-state index contributed by atoms with van der Waals surface area (Å²) in [6.07, 6.45) is 15.9. The predicted octanol–water partition coefficient (Wildman–Crippen LogP) is 1.85. The Morgan fingerprint density at radius 1 is 1.29 bits per heavy atom. The van der Waals surface area contributed by atoms with E-state index in [1.54, 1.807) is 0 Å². The normalized spacial score (nSPS) is 26.8. The number of fused-ring (bicyclic) bond motifs is 2. The molecule has 4 aliphatic rings. The molecule has 1 aliphatic carbocycles. The first-order chi connectivity index (χ1) is 11.4. The fraction of sp³-hybridized carbons (Fsp3) is 0.312. The zero-order valence-corrected chi connectivity index (χ0v) is 13.8. The fourth-order valence-electron chi connectivity index (χ4n) is 3.17. The Morgan fingerprint density at radius 2 is 2.00 bits per heavy atom. The number of esters is 1. The van der Waals surface area contributed by atoms with E-state index in [-0.39, 0.29) is 18.0 Å². The van der Waals surface area contributed by atoms with Crippen LogP contribution < -0.4 is 0 Å². The number of ether oxygens (including phenoxy) is 1. The first-order valence-corrected chi connectivity index (χ1v) is 8.73. The van der Waals surface area contributed by atoms with Gasteiger partial charge in [-0.05, 0) is 30.1 Å². The molecular formula is C16H17NO6S. The van der Waals surface area contributed by atoms with Crippen LogP contribution in [0.15, 0.2) is 59.6 Å². The van der Waals surface area contributed by atoms with Gasteiger partial charge in [0.1, 0.15) is 6.10 Å². The van der Waals surface area contributed by atoms with Crippen LogP contribution in [-0.2, 0) is 24.1 Å². The number of nitrogens with zero attached hydrogens (tertiary/aromatic N) is 1. The minimum Gasteiger partial charge on any atom is -0.454 e. The van der Waals surface area contributed by atoms with Crippen molar-refractivity contribution in [2.24, 2.45) is 5.92 Å². The molecule has 0 saturated carbocycles. The van der Waals surface area contributed by atoms with Crippen molar-refractivity contribution >= 4 is 16.4 Å².